The van der Waals surface area contributed by atoms with Crippen molar-refractivity contribution in [1.29, 1.82) is 0 Å². The lowest BCUT2D eigenvalue weighted by atomic mass is 10.1. The standard InChI is InChI=1S/C19H30N2O3/c1-19(2,3)24-18(23)16(20-4)12-8-9-13-21-14-17(22)15-10-6-5-7-11-15/h5-7,10-11,16,20-21H,8-9,12-14H2,1-4H3/t16-/m0/s1. The van der Waals surface area contributed by atoms with Crippen LogP contribution >= 0.6 is 0 Å². The Labute approximate surface area is 145 Å². The van der Waals surface area contributed by atoms with Gasteiger partial charge in [0.15, 0.2) is 5.78 Å². The highest BCUT2D eigenvalue weighted by molar-refractivity contribution is 5.97. The molecule has 0 fully saturated rings. The van der Waals surface area contributed by atoms with Crippen LogP contribution in [0.2, 0.25) is 0 Å². The molecule has 5 heteroatoms. The van der Waals surface area contributed by atoms with Gasteiger partial charge in [0.2, 0.25) is 0 Å². The van der Waals surface area contributed by atoms with E-state index < -0.39 is 5.60 Å². The zero-order chi connectivity index (χ0) is 18.0. The van der Waals surface area contributed by atoms with Gasteiger partial charge < -0.3 is 15.4 Å². The van der Waals surface area contributed by atoms with E-state index in [1.54, 1.807) is 7.05 Å². The summed E-state index contributed by atoms with van der Waals surface area (Å²) in [5, 5.41) is 6.16. The smallest absolute Gasteiger partial charge is 0.323 e. The molecule has 1 aromatic carbocycles. The first kappa shape index (κ1) is 20.3. The molecule has 1 rings (SSSR count). The summed E-state index contributed by atoms with van der Waals surface area (Å²) < 4.78 is 5.39. The van der Waals surface area contributed by atoms with Crippen molar-refractivity contribution in [2.24, 2.45) is 0 Å². The first-order chi connectivity index (χ1) is 11.3. The zero-order valence-electron chi connectivity index (χ0n) is 15.2. The maximum atomic E-state index is 12.0. The van der Waals surface area contributed by atoms with Crippen LogP contribution < -0.4 is 10.6 Å². The lowest BCUT2D eigenvalue weighted by molar-refractivity contribution is -0.157. The van der Waals surface area contributed by atoms with E-state index in [4.69, 9.17) is 4.74 Å². The normalized spacial score (nSPS) is 12.7. The third kappa shape index (κ3) is 8.22. The molecule has 0 amide bonds. The number of ether oxygens (including phenoxy) is 1. The van der Waals surface area contributed by atoms with Crippen molar-refractivity contribution in [3.63, 3.8) is 0 Å². The Kier molecular flexibility index (Phi) is 8.65. The molecule has 0 aliphatic rings. The third-order valence-corrected chi connectivity index (χ3v) is 3.52. The Morgan fingerprint density at radius 3 is 2.38 bits per heavy atom. The van der Waals surface area contributed by atoms with Gasteiger partial charge in [-0.1, -0.05) is 36.8 Å². The topological polar surface area (TPSA) is 67.4 Å². The largest absolute Gasteiger partial charge is 0.459 e. The van der Waals surface area contributed by atoms with E-state index in [2.05, 4.69) is 10.6 Å². The SMILES string of the molecule is CN[C@@H](CCCCNCC(=O)c1ccccc1)C(=O)OC(C)(C)C. The number of carbonyl (C=O) groups excluding carboxylic acids is 2. The number of unbranched alkanes of at least 4 members (excludes halogenated alkanes) is 1. The minimum absolute atomic E-state index is 0.0949. The summed E-state index contributed by atoms with van der Waals surface area (Å²) in [6.07, 6.45) is 2.51. The minimum Gasteiger partial charge on any atom is -0.459 e. The molecule has 0 saturated carbocycles. The molecule has 134 valence electrons. The van der Waals surface area contributed by atoms with Crippen LogP contribution in [0.1, 0.15) is 50.4 Å². The lowest BCUT2D eigenvalue weighted by Gasteiger charge is -2.23. The van der Waals surface area contributed by atoms with Crippen LogP contribution in [-0.4, -0.2) is 43.5 Å². The lowest BCUT2D eigenvalue weighted by Crippen LogP contribution is -2.39. The summed E-state index contributed by atoms with van der Waals surface area (Å²) in [7, 11) is 1.77. The molecule has 2 N–H and O–H groups in total. The number of ketones is 1. The van der Waals surface area contributed by atoms with Crippen molar-refractivity contribution in [2.75, 3.05) is 20.1 Å². The number of benzene rings is 1. The van der Waals surface area contributed by atoms with Gasteiger partial charge in [-0.2, -0.15) is 0 Å². The second kappa shape index (κ2) is 10.2. The number of likely N-dealkylation sites (N-methyl/N-ethyl adjacent to an activating group) is 1. The molecule has 0 radical (unpaired) electrons. The van der Waals surface area contributed by atoms with Crippen molar-refractivity contribution < 1.29 is 14.3 Å². The molecule has 0 bridgehead atoms. The van der Waals surface area contributed by atoms with Crippen LogP contribution in [0.25, 0.3) is 0 Å². The van der Waals surface area contributed by atoms with Crippen molar-refractivity contribution in [3.05, 3.63) is 35.9 Å². The highest BCUT2D eigenvalue weighted by atomic mass is 16.6. The molecule has 0 spiro atoms. The Bertz CT molecular complexity index is 509. The molecular formula is C19H30N2O3. The Morgan fingerprint density at radius 1 is 1.12 bits per heavy atom. The van der Waals surface area contributed by atoms with Gasteiger partial charge >= 0.3 is 5.97 Å². The van der Waals surface area contributed by atoms with Crippen molar-refractivity contribution in [2.45, 2.75) is 51.7 Å². The summed E-state index contributed by atoms with van der Waals surface area (Å²) in [4.78, 5) is 23.9. The van der Waals surface area contributed by atoms with Crippen LogP contribution in [0.3, 0.4) is 0 Å². The molecule has 0 heterocycles. The molecule has 1 aromatic rings. The third-order valence-electron chi connectivity index (χ3n) is 3.52. The van der Waals surface area contributed by atoms with Crippen LogP contribution in [0.15, 0.2) is 30.3 Å². The molecule has 0 unspecified atom stereocenters. The first-order valence-corrected chi connectivity index (χ1v) is 8.52. The number of rotatable bonds is 10. The van der Waals surface area contributed by atoms with Crippen molar-refractivity contribution in [3.8, 4) is 0 Å². The van der Waals surface area contributed by atoms with Gasteiger partial charge in [-0.05, 0) is 47.2 Å². The summed E-state index contributed by atoms with van der Waals surface area (Å²) in [6, 6.07) is 8.98. The van der Waals surface area contributed by atoms with E-state index in [1.807, 2.05) is 51.1 Å². The van der Waals surface area contributed by atoms with Gasteiger partial charge in [0.1, 0.15) is 11.6 Å². The van der Waals surface area contributed by atoms with Gasteiger partial charge in [-0.15, -0.1) is 0 Å². The maximum absolute atomic E-state index is 12.0. The number of hydrogen-bond acceptors (Lipinski definition) is 5. The zero-order valence-corrected chi connectivity index (χ0v) is 15.2. The fourth-order valence-corrected chi connectivity index (χ4v) is 2.28. The second-order valence-corrected chi connectivity index (χ2v) is 6.84. The molecular weight excluding hydrogens is 304 g/mol. The summed E-state index contributed by atoms with van der Waals surface area (Å²) in [5.74, 6) is -0.116. The van der Waals surface area contributed by atoms with Crippen LogP contribution in [-0.2, 0) is 9.53 Å². The van der Waals surface area contributed by atoms with E-state index in [9.17, 15) is 9.59 Å². The Hall–Kier alpha value is -1.72. The maximum Gasteiger partial charge on any atom is 0.323 e. The average molecular weight is 334 g/mol. The van der Waals surface area contributed by atoms with Gasteiger partial charge in [0, 0.05) is 5.56 Å². The summed E-state index contributed by atoms with van der Waals surface area (Å²) in [6.45, 7) is 6.69. The quantitative estimate of drug-likeness (QED) is 0.391. The van der Waals surface area contributed by atoms with Gasteiger partial charge in [-0.3, -0.25) is 9.59 Å². The molecule has 0 aromatic heterocycles. The van der Waals surface area contributed by atoms with Crippen LogP contribution in [0, 0.1) is 0 Å². The van der Waals surface area contributed by atoms with E-state index in [0.29, 0.717) is 6.54 Å². The fourth-order valence-electron chi connectivity index (χ4n) is 2.28. The van der Waals surface area contributed by atoms with Crippen molar-refractivity contribution >= 4 is 11.8 Å². The monoisotopic (exact) mass is 334 g/mol. The average Bonchev–Trinajstić information content (AvgIpc) is 2.53. The van der Waals surface area contributed by atoms with Crippen LogP contribution in [0.4, 0.5) is 0 Å². The molecule has 5 nitrogen and oxygen atoms in total. The Balaban J connectivity index is 2.18. The predicted molar refractivity (Wildman–Crippen MR) is 96.2 cm³/mol. The molecule has 0 aliphatic carbocycles. The van der Waals surface area contributed by atoms with E-state index >= 15 is 0 Å². The molecule has 24 heavy (non-hydrogen) atoms. The van der Waals surface area contributed by atoms with E-state index in [1.165, 1.54) is 0 Å². The highest BCUT2D eigenvalue weighted by Gasteiger charge is 2.23. The molecule has 1 atom stereocenters. The van der Waals surface area contributed by atoms with Gasteiger partial charge in [-0.25, -0.2) is 0 Å². The predicted octanol–water partition coefficient (Wildman–Crippen LogP) is 2.56. The molecule has 0 saturated heterocycles. The van der Waals surface area contributed by atoms with Gasteiger partial charge in [0.05, 0.1) is 6.54 Å². The van der Waals surface area contributed by atoms with E-state index in [-0.39, 0.29) is 17.8 Å². The van der Waals surface area contributed by atoms with Crippen LogP contribution in [0.5, 0.6) is 0 Å². The number of hydrogen-bond donors (Lipinski definition) is 2. The number of nitrogens with one attached hydrogen (secondary N) is 2. The first-order valence-electron chi connectivity index (χ1n) is 8.52. The highest BCUT2D eigenvalue weighted by Crippen LogP contribution is 2.11. The van der Waals surface area contributed by atoms with Crippen molar-refractivity contribution in [1.82, 2.24) is 10.6 Å². The summed E-state index contributed by atoms with van der Waals surface area (Å²) in [5.41, 5.74) is 0.260. The number of esters is 1. The molecule has 0 aliphatic heterocycles. The number of Topliss-reactive ketones (excluding diaryl/α,β-unsaturated/α-hetero) is 1. The fraction of sp³-hybridized carbons (Fsp3) is 0.579. The van der Waals surface area contributed by atoms with Gasteiger partial charge in [0.25, 0.3) is 0 Å². The van der Waals surface area contributed by atoms with E-state index in [0.717, 1.165) is 31.4 Å². The Morgan fingerprint density at radius 2 is 1.79 bits per heavy atom. The second-order valence-electron chi connectivity index (χ2n) is 6.84. The number of carbonyl (C=O) groups is 2. The summed E-state index contributed by atoms with van der Waals surface area (Å²) >= 11 is 0. The minimum atomic E-state index is -0.467.